The van der Waals surface area contributed by atoms with Gasteiger partial charge < -0.3 is 4.74 Å². The van der Waals surface area contributed by atoms with E-state index >= 15 is 0 Å². The molecule has 26 heavy (non-hydrogen) atoms. The van der Waals surface area contributed by atoms with Crippen LogP contribution in [-0.4, -0.2) is 23.3 Å². The van der Waals surface area contributed by atoms with Gasteiger partial charge in [0.25, 0.3) is 0 Å². The Morgan fingerprint density at radius 3 is 2.54 bits per heavy atom. The first kappa shape index (κ1) is 17.5. The van der Waals surface area contributed by atoms with Crippen molar-refractivity contribution in [2.24, 2.45) is 0 Å². The van der Waals surface area contributed by atoms with Crippen LogP contribution in [0.4, 0.5) is 0 Å². The van der Waals surface area contributed by atoms with Gasteiger partial charge in [-0.25, -0.2) is 9.78 Å². The van der Waals surface area contributed by atoms with Gasteiger partial charge in [0, 0.05) is 17.0 Å². The number of para-hydroxylation sites is 1. The summed E-state index contributed by atoms with van der Waals surface area (Å²) in [7, 11) is 0. The maximum atomic E-state index is 12.1. The second-order valence-electron chi connectivity index (χ2n) is 5.84. The van der Waals surface area contributed by atoms with Crippen LogP contribution in [0.15, 0.2) is 66.7 Å². The summed E-state index contributed by atoms with van der Waals surface area (Å²) >= 11 is 0. The molecule has 0 saturated heterocycles. The maximum Gasteiger partial charge on any atom is 0.331 e. The normalized spacial score (nSPS) is 11.0. The number of carbonyl (C=O) groups is 2. The van der Waals surface area contributed by atoms with Crippen molar-refractivity contribution >= 4 is 28.7 Å². The van der Waals surface area contributed by atoms with Gasteiger partial charge in [0.2, 0.25) is 0 Å². The number of hydrogen-bond acceptors (Lipinski definition) is 4. The van der Waals surface area contributed by atoms with E-state index in [1.807, 2.05) is 48.5 Å². The van der Waals surface area contributed by atoms with E-state index in [0.29, 0.717) is 11.3 Å². The minimum Gasteiger partial charge on any atom is -0.454 e. The molecule has 0 aliphatic heterocycles. The van der Waals surface area contributed by atoms with Crippen molar-refractivity contribution in [3.05, 3.63) is 83.6 Å². The van der Waals surface area contributed by atoms with Crippen LogP contribution in [0.2, 0.25) is 0 Å². The van der Waals surface area contributed by atoms with Crippen molar-refractivity contribution in [2.45, 2.75) is 13.3 Å². The molecule has 2 aromatic carbocycles. The van der Waals surface area contributed by atoms with Gasteiger partial charge in [-0.05, 0) is 30.2 Å². The van der Waals surface area contributed by atoms with Gasteiger partial charge in [-0.15, -0.1) is 0 Å². The molecule has 0 spiro atoms. The molecule has 0 bridgehead atoms. The zero-order valence-electron chi connectivity index (χ0n) is 14.5. The largest absolute Gasteiger partial charge is 0.454 e. The second-order valence-corrected chi connectivity index (χ2v) is 5.84. The average Bonchev–Trinajstić information content (AvgIpc) is 2.70. The van der Waals surface area contributed by atoms with E-state index in [1.54, 1.807) is 18.2 Å². The molecule has 0 radical (unpaired) electrons. The van der Waals surface area contributed by atoms with Crippen molar-refractivity contribution in [1.29, 1.82) is 0 Å². The predicted octanol–water partition coefficient (Wildman–Crippen LogP) is 4.24. The quantitative estimate of drug-likeness (QED) is 0.381. The Balaban J connectivity index is 1.57. The number of rotatable bonds is 6. The summed E-state index contributed by atoms with van der Waals surface area (Å²) in [6.45, 7) is 1.77. The van der Waals surface area contributed by atoms with E-state index in [-0.39, 0.29) is 12.4 Å². The topological polar surface area (TPSA) is 56.3 Å². The van der Waals surface area contributed by atoms with Crippen LogP contribution in [0.25, 0.3) is 17.0 Å². The number of ether oxygens (including phenoxy) is 1. The number of benzene rings is 2. The summed E-state index contributed by atoms with van der Waals surface area (Å²) in [5.74, 6) is -0.795. The molecule has 3 aromatic rings. The molecule has 0 aliphatic rings. The zero-order chi connectivity index (χ0) is 18.4. The van der Waals surface area contributed by atoms with Crippen molar-refractivity contribution < 1.29 is 14.3 Å². The summed E-state index contributed by atoms with van der Waals surface area (Å²) in [4.78, 5) is 28.3. The second kappa shape index (κ2) is 8.21. The molecule has 4 nitrogen and oxygen atoms in total. The molecule has 3 rings (SSSR count). The summed E-state index contributed by atoms with van der Waals surface area (Å²) in [5.41, 5.74) is 3.20. The molecule has 0 atom stereocenters. The average molecular weight is 345 g/mol. The molecule has 130 valence electrons. The minimum absolute atomic E-state index is 0.224. The third-order valence-electron chi connectivity index (χ3n) is 4.04. The number of ketones is 1. The van der Waals surface area contributed by atoms with Crippen LogP contribution in [0.1, 0.15) is 28.5 Å². The molecule has 0 amide bonds. The van der Waals surface area contributed by atoms with Gasteiger partial charge in [-0.2, -0.15) is 0 Å². The number of aromatic nitrogens is 1. The molecule has 0 N–H and O–H groups in total. The molecule has 0 saturated carbocycles. The molecular formula is C22H19NO3. The van der Waals surface area contributed by atoms with Crippen LogP contribution >= 0.6 is 0 Å². The highest BCUT2D eigenvalue weighted by atomic mass is 16.5. The molecule has 4 heteroatoms. The first-order chi connectivity index (χ1) is 12.7. The molecule has 1 aromatic heterocycles. The summed E-state index contributed by atoms with van der Waals surface area (Å²) in [6.07, 6.45) is 3.77. The third-order valence-corrected chi connectivity index (χ3v) is 4.04. The Labute approximate surface area is 152 Å². The lowest BCUT2D eigenvalue weighted by Crippen LogP contribution is -2.12. The van der Waals surface area contributed by atoms with Gasteiger partial charge in [0.15, 0.2) is 12.4 Å². The molecular weight excluding hydrogens is 326 g/mol. The first-order valence-electron chi connectivity index (χ1n) is 8.48. The maximum absolute atomic E-state index is 12.1. The smallest absolute Gasteiger partial charge is 0.331 e. The molecule has 0 aliphatic carbocycles. The third kappa shape index (κ3) is 4.42. The van der Waals surface area contributed by atoms with E-state index in [2.05, 4.69) is 11.9 Å². The highest BCUT2D eigenvalue weighted by Crippen LogP contribution is 2.12. The fourth-order valence-electron chi connectivity index (χ4n) is 2.52. The van der Waals surface area contributed by atoms with Crippen molar-refractivity contribution in [3.8, 4) is 0 Å². The number of nitrogens with zero attached hydrogens (tertiary/aromatic N) is 1. The van der Waals surface area contributed by atoms with Crippen molar-refractivity contribution in [1.82, 2.24) is 4.98 Å². The monoisotopic (exact) mass is 345 g/mol. The Bertz CT molecular complexity index is 959. The predicted molar refractivity (Wildman–Crippen MR) is 102 cm³/mol. The van der Waals surface area contributed by atoms with Gasteiger partial charge >= 0.3 is 5.97 Å². The van der Waals surface area contributed by atoms with E-state index in [4.69, 9.17) is 4.74 Å². The van der Waals surface area contributed by atoms with E-state index < -0.39 is 5.97 Å². The SMILES string of the molecule is CCc1ccc(C(=O)COC(=O)C=Cc2ccc3ccccc3n2)cc1. The first-order valence-corrected chi connectivity index (χ1v) is 8.48. The van der Waals surface area contributed by atoms with E-state index in [9.17, 15) is 9.59 Å². The standard InChI is InChI=1S/C22H19NO3/c1-2-16-7-9-18(10-8-16)21(24)15-26-22(25)14-13-19-12-11-17-5-3-4-6-20(17)23-19/h3-14H,2,15H2,1H3. The number of hydrogen-bond donors (Lipinski definition) is 0. The molecule has 0 fully saturated rings. The van der Waals surface area contributed by atoms with Crippen molar-refractivity contribution in [2.75, 3.05) is 6.61 Å². The van der Waals surface area contributed by atoms with Crippen LogP contribution in [0.5, 0.6) is 0 Å². The van der Waals surface area contributed by atoms with Gasteiger partial charge in [-0.3, -0.25) is 4.79 Å². The summed E-state index contributed by atoms with van der Waals surface area (Å²) in [6, 6.07) is 18.8. The number of aryl methyl sites for hydroxylation is 1. The number of pyridine rings is 1. The lowest BCUT2D eigenvalue weighted by Gasteiger charge is -2.03. The summed E-state index contributed by atoms with van der Waals surface area (Å²) in [5, 5.41) is 1.03. The number of esters is 1. The Kier molecular flexibility index (Phi) is 5.54. The number of Topliss-reactive ketones (excluding diaryl/α,β-unsaturated/α-hetero) is 1. The molecule has 1 heterocycles. The highest BCUT2D eigenvalue weighted by molar-refractivity contribution is 5.99. The fourth-order valence-corrected chi connectivity index (χ4v) is 2.52. The Morgan fingerprint density at radius 2 is 1.77 bits per heavy atom. The Morgan fingerprint density at radius 1 is 1.00 bits per heavy atom. The fraction of sp³-hybridized carbons (Fsp3) is 0.136. The highest BCUT2D eigenvalue weighted by Gasteiger charge is 2.08. The van der Waals surface area contributed by atoms with Gasteiger partial charge in [0.1, 0.15) is 0 Å². The lowest BCUT2D eigenvalue weighted by molar-refractivity contribution is -0.136. The minimum atomic E-state index is -0.571. The van der Waals surface area contributed by atoms with Gasteiger partial charge in [-0.1, -0.05) is 55.5 Å². The Hall–Kier alpha value is -3.27. The van der Waals surface area contributed by atoms with E-state index in [0.717, 1.165) is 22.9 Å². The van der Waals surface area contributed by atoms with Crippen molar-refractivity contribution in [3.63, 3.8) is 0 Å². The van der Waals surface area contributed by atoms with Crippen LogP contribution in [-0.2, 0) is 16.0 Å². The van der Waals surface area contributed by atoms with E-state index in [1.165, 1.54) is 6.08 Å². The zero-order valence-corrected chi connectivity index (χ0v) is 14.5. The van der Waals surface area contributed by atoms with Crippen LogP contribution in [0.3, 0.4) is 0 Å². The lowest BCUT2D eigenvalue weighted by atomic mass is 10.1. The summed E-state index contributed by atoms with van der Waals surface area (Å²) < 4.78 is 5.02. The number of carbonyl (C=O) groups excluding carboxylic acids is 2. The van der Waals surface area contributed by atoms with Crippen LogP contribution < -0.4 is 0 Å². The molecule has 0 unspecified atom stereocenters. The number of fused-ring (bicyclic) bond motifs is 1. The van der Waals surface area contributed by atoms with Crippen LogP contribution in [0, 0.1) is 0 Å². The van der Waals surface area contributed by atoms with Gasteiger partial charge in [0.05, 0.1) is 11.2 Å².